The van der Waals surface area contributed by atoms with Gasteiger partial charge < -0.3 is 0 Å². The first kappa shape index (κ1) is 19.3. The van der Waals surface area contributed by atoms with Gasteiger partial charge in [0.1, 0.15) is 0 Å². The molecule has 2 heterocycles. The number of aromatic nitrogens is 3. The minimum atomic E-state index is 0.00430. The van der Waals surface area contributed by atoms with Crippen LogP contribution >= 0.6 is 11.3 Å². The van der Waals surface area contributed by atoms with Gasteiger partial charge >= 0.3 is 0 Å². The van der Waals surface area contributed by atoms with Crippen LogP contribution in [0.4, 0.5) is 0 Å². The topological polar surface area (TPSA) is 47.8 Å². The number of hydrogen-bond donors (Lipinski definition) is 0. The number of thiophene rings is 1. The van der Waals surface area contributed by atoms with Crippen molar-refractivity contribution in [1.29, 1.82) is 0 Å². The average molecular weight is 396 g/mol. The molecule has 1 aliphatic rings. The Bertz CT molecular complexity index is 1050. The summed E-state index contributed by atoms with van der Waals surface area (Å²) in [5, 5.41) is 9.45. The number of fused-ring (bicyclic) bond motifs is 3. The molecule has 2 aromatic heterocycles. The first-order valence-electron chi connectivity index (χ1n) is 10.2. The molecular weight excluding hydrogens is 366 g/mol. The van der Waals surface area contributed by atoms with E-state index < -0.39 is 0 Å². The van der Waals surface area contributed by atoms with Crippen LogP contribution in [0.25, 0.3) is 10.2 Å². The Morgan fingerprint density at radius 1 is 1.21 bits per heavy atom. The van der Waals surface area contributed by atoms with Crippen LogP contribution in [-0.2, 0) is 19.4 Å². The summed E-state index contributed by atoms with van der Waals surface area (Å²) in [6, 6.07) is 8.45. The van der Waals surface area contributed by atoms with E-state index in [2.05, 4.69) is 69.2 Å². The summed E-state index contributed by atoms with van der Waals surface area (Å²) in [5.74, 6) is 1.16. The van der Waals surface area contributed by atoms with Gasteiger partial charge in [-0.2, -0.15) is 0 Å². The van der Waals surface area contributed by atoms with Crippen molar-refractivity contribution in [2.24, 2.45) is 11.3 Å². The van der Waals surface area contributed by atoms with Crippen molar-refractivity contribution in [2.75, 3.05) is 0 Å². The lowest BCUT2D eigenvalue weighted by Crippen LogP contribution is -2.28. The van der Waals surface area contributed by atoms with E-state index in [1.54, 1.807) is 11.3 Å². The lowest BCUT2D eigenvalue weighted by Gasteiger charge is -2.33. The van der Waals surface area contributed by atoms with Crippen LogP contribution in [0, 0.1) is 11.3 Å². The second-order valence-electron chi connectivity index (χ2n) is 9.44. The molecule has 1 aliphatic carbocycles. The summed E-state index contributed by atoms with van der Waals surface area (Å²) in [7, 11) is 0. The van der Waals surface area contributed by atoms with Crippen molar-refractivity contribution in [3.63, 3.8) is 0 Å². The zero-order valence-electron chi connectivity index (χ0n) is 17.5. The molecule has 5 heteroatoms. The molecule has 0 aliphatic heterocycles. The zero-order valence-corrected chi connectivity index (χ0v) is 18.3. The summed E-state index contributed by atoms with van der Waals surface area (Å²) in [4.78, 5) is 15.3. The van der Waals surface area contributed by atoms with Crippen LogP contribution in [0.3, 0.4) is 0 Å². The second-order valence-corrected chi connectivity index (χ2v) is 10.5. The van der Waals surface area contributed by atoms with Gasteiger partial charge in [0.25, 0.3) is 5.56 Å². The normalized spacial score (nSPS) is 17.3. The van der Waals surface area contributed by atoms with Gasteiger partial charge in [0.05, 0.1) is 11.9 Å². The van der Waals surface area contributed by atoms with E-state index >= 15 is 0 Å². The van der Waals surface area contributed by atoms with E-state index in [0.29, 0.717) is 23.8 Å². The highest BCUT2D eigenvalue weighted by atomic mass is 32.1. The fraction of sp³-hybridized carbons (Fsp3) is 0.522. The monoisotopic (exact) mass is 395 g/mol. The van der Waals surface area contributed by atoms with Crippen LogP contribution < -0.4 is 5.56 Å². The van der Waals surface area contributed by atoms with E-state index in [-0.39, 0.29) is 5.56 Å². The molecule has 4 nitrogen and oxygen atoms in total. The molecule has 0 saturated heterocycles. The molecule has 1 aromatic carbocycles. The van der Waals surface area contributed by atoms with Crippen molar-refractivity contribution < 1.29 is 0 Å². The Kier molecular flexibility index (Phi) is 4.90. The van der Waals surface area contributed by atoms with Gasteiger partial charge in [0, 0.05) is 4.88 Å². The first-order valence-corrected chi connectivity index (χ1v) is 11.0. The van der Waals surface area contributed by atoms with Gasteiger partial charge in [0.15, 0.2) is 4.83 Å². The van der Waals surface area contributed by atoms with E-state index in [0.717, 1.165) is 35.0 Å². The number of aryl methyl sites for hydroxylation is 1. The van der Waals surface area contributed by atoms with Crippen LogP contribution in [0.2, 0.25) is 0 Å². The van der Waals surface area contributed by atoms with Gasteiger partial charge in [-0.05, 0) is 53.2 Å². The zero-order chi connectivity index (χ0) is 20.1. The van der Waals surface area contributed by atoms with Gasteiger partial charge in [-0.15, -0.1) is 16.4 Å². The lowest BCUT2D eigenvalue weighted by molar-refractivity contribution is 0.218. The molecule has 0 fully saturated rings. The molecule has 148 valence electrons. The van der Waals surface area contributed by atoms with E-state index in [9.17, 15) is 4.79 Å². The van der Waals surface area contributed by atoms with Crippen molar-refractivity contribution in [2.45, 2.75) is 66.3 Å². The summed E-state index contributed by atoms with van der Waals surface area (Å²) in [6.45, 7) is 11.8. The summed E-state index contributed by atoms with van der Waals surface area (Å²) in [6.07, 6.45) is 3.16. The van der Waals surface area contributed by atoms with Gasteiger partial charge in [-0.1, -0.05) is 64.1 Å². The van der Waals surface area contributed by atoms with Crippen molar-refractivity contribution in [3.05, 3.63) is 56.2 Å². The summed E-state index contributed by atoms with van der Waals surface area (Å²) < 4.78 is 1.52. The number of benzene rings is 1. The molecule has 1 atom stereocenters. The van der Waals surface area contributed by atoms with Gasteiger partial charge in [-0.25, -0.2) is 4.68 Å². The molecule has 0 spiro atoms. The Balaban J connectivity index is 1.67. The fourth-order valence-electron chi connectivity index (χ4n) is 4.15. The number of rotatable bonds is 3. The van der Waals surface area contributed by atoms with E-state index in [1.165, 1.54) is 20.7 Å². The fourth-order valence-corrected chi connectivity index (χ4v) is 5.39. The van der Waals surface area contributed by atoms with E-state index in [1.807, 2.05) is 0 Å². The molecule has 0 saturated carbocycles. The van der Waals surface area contributed by atoms with Crippen LogP contribution in [-0.4, -0.2) is 15.0 Å². The molecule has 0 unspecified atom stereocenters. The average Bonchev–Trinajstić information content (AvgIpc) is 3.02. The Hall–Kier alpha value is -2.01. The largest absolute Gasteiger partial charge is 0.279 e. The van der Waals surface area contributed by atoms with Gasteiger partial charge in [-0.3, -0.25) is 4.79 Å². The maximum Gasteiger partial charge on any atom is 0.279 e. The van der Waals surface area contributed by atoms with Crippen molar-refractivity contribution in [1.82, 2.24) is 15.0 Å². The quantitative estimate of drug-likeness (QED) is 0.614. The highest BCUT2D eigenvalue weighted by molar-refractivity contribution is 7.18. The second kappa shape index (κ2) is 7.11. The molecule has 0 bridgehead atoms. The third kappa shape index (κ3) is 3.52. The van der Waals surface area contributed by atoms with Crippen LogP contribution in [0.5, 0.6) is 0 Å². The Morgan fingerprint density at radius 2 is 1.93 bits per heavy atom. The minimum Gasteiger partial charge on any atom is -0.267 e. The smallest absolute Gasteiger partial charge is 0.267 e. The minimum absolute atomic E-state index is 0.00430. The molecule has 0 amide bonds. The molecular formula is C23H29N3OS. The van der Waals surface area contributed by atoms with Gasteiger partial charge in [0.2, 0.25) is 0 Å². The molecule has 4 rings (SSSR count). The SMILES string of the molecule is CC(C)c1ccc(Cn2nnc3sc4c(c3c2=O)CC[C@H](C(C)(C)C)C4)cc1. The van der Waals surface area contributed by atoms with Crippen LogP contribution in [0.15, 0.2) is 29.1 Å². The Labute approximate surface area is 170 Å². The maximum absolute atomic E-state index is 13.2. The highest BCUT2D eigenvalue weighted by Crippen LogP contribution is 2.41. The molecule has 0 radical (unpaired) electrons. The Morgan fingerprint density at radius 3 is 2.57 bits per heavy atom. The molecule has 0 N–H and O–H groups in total. The number of hydrogen-bond acceptors (Lipinski definition) is 4. The van der Waals surface area contributed by atoms with Crippen molar-refractivity contribution in [3.8, 4) is 0 Å². The predicted octanol–water partition coefficient (Wildman–Crippen LogP) is 5.18. The number of nitrogens with zero attached hydrogens (tertiary/aromatic N) is 3. The van der Waals surface area contributed by atoms with Crippen molar-refractivity contribution >= 4 is 21.6 Å². The van der Waals surface area contributed by atoms with Crippen LogP contribution in [0.1, 0.15) is 68.5 Å². The van der Waals surface area contributed by atoms with E-state index in [4.69, 9.17) is 0 Å². The molecule has 28 heavy (non-hydrogen) atoms. The lowest BCUT2D eigenvalue weighted by atomic mass is 9.72. The standard InChI is InChI=1S/C23H29N3OS/c1-14(2)16-8-6-15(7-9-16)13-26-22(27)20-18-11-10-17(23(3,4)5)12-19(18)28-21(20)24-25-26/h6-9,14,17H,10-13H2,1-5H3/t17-/m0/s1. The third-order valence-electron chi connectivity index (χ3n) is 6.14. The molecule has 3 aromatic rings. The maximum atomic E-state index is 13.2. The summed E-state index contributed by atoms with van der Waals surface area (Å²) >= 11 is 1.67. The highest BCUT2D eigenvalue weighted by Gasteiger charge is 2.31. The third-order valence-corrected chi connectivity index (χ3v) is 7.28. The first-order chi connectivity index (χ1) is 13.2. The summed E-state index contributed by atoms with van der Waals surface area (Å²) in [5.41, 5.74) is 3.91. The predicted molar refractivity (Wildman–Crippen MR) is 116 cm³/mol.